The van der Waals surface area contributed by atoms with E-state index in [9.17, 15) is 0 Å². The summed E-state index contributed by atoms with van der Waals surface area (Å²) >= 11 is 7.42. The van der Waals surface area contributed by atoms with Gasteiger partial charge in [-0.3, -0.25) is 0 Å². The lowest BCUT2D eigenvalue weighted by molar-refractivity contribution is 1.10. The van der Waals surface area contributed by atoms with Crippen molar-refractivity contribution in [1.29, 1.82) is 0 Å². The van der Waals surface area contributed by atoms with Gasteiger partial charge in [-0.25, -0.2) is 9.97 Å². The van der Waals surface area contributed by atoms with E-state index in [1.54, 1.807) is 17.4 Å². The molecule has 1 N–H and O–H groups in total. The number of thiophene rings is 1. The second-order valence-corrected chi connectivity index (χ2v) is 4.08. The van der Waals surface area contributed by atoms with Gasteiger partial charge in [0, 0.05) is 10.9 Å². The van der Waals surface area contributed by atoms with Gasteiger partial charge >= 0.3 is 0 Å². The number of hydrogen-bond acceptors (Lipinski definition) is 4. The quantitative estimate of drug-likeness (QED) is 0.817. The third-order valence-electron chi connectivity index (χ3n) is 1.66. The van der Waals surface area contributed by atoms with Gasteiger partial charge in [0.15, 0.2) is 0 Å². The topological polar surface area (TPSA) is 37.8 Å². The van der Waals surface area contributed by atoms with E-state index in [4.69, 9.17) is 11.6 Å². The van der Waals surface area contributed by atoms with E-state index in [0.29, 0.717) is 5.15 Å². The van der Waals surface area contributed by atoms with Crippen molar-refractivity contribution in [3.05, 3.63) is 39.9 Å². The van der Waals surface area contributed by atoms with Crippen LogP contribution in [-0.2, 0) is 6.54 Å². The van der Waals surface area contributed by atoms with Crippen LogP contribution in [0.15, 0.2) is 29.9 Å². The van der Waals surface area contributed by atoms with Crippen LogP contribution < -0.4 is 5.32 Å². The molecule has 0 aliphatic carbocycles. The summed E-state index contributed by atoms with van der Waals surface area (Å²) in [5, 5.41) is 5.66. The number of aromatic nitrogens is 2. The van der Waals surface area contributed by atoms with Gasteiger partial charge in [0.25, 0.3) is 0 Å². The molecular formula is C9H8ClN3S. The molecule has 2 heterocycles. The maximum absolute atomic E-state index is 5.72. The van der Waals surface area contributed by atoms with Gasteiger partial charge in [-0.15, -0.1) is 11.3 Å². The van der Waals surface area contributed by atoms with Crippen LogP contribution in [0, 0.1) is 0 Å². The summed E-state index contributed by atoms with van der Waals surface area (Å²) in [6.07, 6.45) is 1.44. The van der Waals surface area contributed by atoms with Crippen LogP contribution in [-0.4, -0.2) is 9.97 Å². The van der Waals surface area contributed by atoms with Crippen LogP contribution in [0.3, 0.4) is 0 Å². The Morgan fingerprint density at radius 2 is 2.36 bits per heavy atom. The van der Waals surface area contributed by atoms with Gasteiger partial charge in [0.1, 0.15) is 17.3 Å². The SMILES string of the molecule is Clc1cc(NCc2cccs2)ncn1. The Kier molecular flexibility index (Phi) is 2.96. The van der Waals surface area contributed by atoms with Gasteiger partial charge in [-0.05, 0) is 11.4 Å². The van der Waals surface area contributed by atoms with Crippen LogP contribution in [0.1, 0.15) is 4.88 Å². The Morgan fingerprint density at radius 3 is 3.07 bits per heavy atom. The van der Waals surface area contributed by atoms with Crippen molar-refractivity contribution in [1.82, 2.24) is 9.97 Å². The molecule has 14 heavy (non-hydrogen) atoms. The number of hydrogen-bond donors (Lipinski definition) is 1. The van der Waals surface area contributed by atoms with Gasteiger partial charge in [-0.2, -0.15) is 0 Å². The molecule has 2 rings (SSSR count). The van der Waals surface area contributed by atoms with Crippen LogP contribution in [0.4, 0.5) is 5.82 Å². The lowest BCUT2D eigenvalue weighted by Gasteiger charge is -2.02. The first kappa shape index (κ1) is 9.43. The Bertz CT molecular complexity index is 402. The van der Waals surface area contributed by atoms with Crippen molar-refractivity contribution < 1.29 is 0 Å². The Hall–Kier alpha value is -1.13. The average molecular weight is 226 g/mol. The highest BCUT2D eigenvalue weighted by Crippen LogP contribution is 2.12. The first-order chi connectivity index (χ1) is 6.84. The number of rotatable bonds is 3. The first-order valence-corrected chi connectivity index (χ1v) is 5.34. The largest absolute Gasteiger partial charge is 0.365 e. The molecule has 0 saturated heterocycles. The molecule has 3 nitrogen and oxygen atoms in total. The highest BCUT2D eigenvalue weighted by molar-refractivity contribution is 7.09. The molecule has 2 aromatic heterocycles. The number of anilines is 1. The molecule has 0 aromatic carbocycles. The minimum atomic E-state index is 0.452. The van der Waals surface area contributed by atoms with Gasteiger partial charge in [0.2, 0.25) is 0 Å². The zero-order valence-electron chi connectivity index (χ0n) is 7.27. The van der Waals surface area contributed by atoms with Crippen molar-refractivity contribution in [2.75, 3.05) is 5.32 Å². The summed E-state index contributed by atoms with van der Waals surface area (Å²) in [7, 11) is 0. The summed E-state index contributed by atoms with van der Waals surface area (Å²) in [5.74, 6) is 0.749. The summed E-state index contributed by atoms with van der Waals surface area (Å²) in [6.45, 7) is 0.769. The zero-order valence-corrected chi connectivity index (χ0v) is 8.85. The molecule has 0 fully saturated rings. The second kappa shape index (κ2) is 4.39. The summed E-state index contributed by atoms with van der Waals surface area (Å²) in [5.41, 5.74) is 0. The fourth-order valence-electron chi connectivity index (χ4n) is 1.02. The molecule has 0 bridgehead atoms. The van der Waals surface area contributed by atoms with Crippen molar-refractivity contribution >= 4 is 28.8 Å². The standard InChI is InChI=1S/C9H8ClN3S/c10-8-4-9(13-6-12-8)11-5-7-2-1-3-14-7/h1-4,6H,5H2,(H,11,12,13). The average Bonchev–Trinajstić information content (AvgIpc) is 2.67. The Morgan fingerprint density at radius 1 is 1.43 bits per heavy atom. The molecule has 0 unspecified atom stereocenters. The minimum Gasteiger partial charge on any atom is -0.365 e. The second-order valence-electron chi connectivity index (χ2n) is 2.66. The smallest absolute Gasteiger partial charge is 0.134 e. The highest BCUT2D eigenvalue weighted by atomic mass is 35.5. The van der Waals surface area contributed by atoms with E-state index >= 15 is 0 Å². The van der Waals surface area contributed by atoms with Gasteiger partial charge in [-0.1, -0.05) is 17.7 Å². The Balaban J connectivity index is 1.98. The van der Waals surface area contributed by atoms with Crippen LogP contribution in [0.5, 0.6) is 0 Å². The van der Waals surface area contributed by atoms with E-state index in [1.807, 2.05) is 11.4 Å². The molecule has 0 atom stereocenters. The zero-order chi connectivity index (χ0) is 9.80. The van der Waals surface area contributed by atoms with E-state index in [-0.39, 0.29) is 0 Å². The molecule has 0 amide bonds. The molecule has 5 heteroatoms. The van der Waals surface area contributed by atoms with Gasteiger partial charge in [0.05, 0.1) is 6.54 Å². The van der Waals surface area contributed by atoms with Crippen LogP contribution in [0.2, 0.25) is 5.15 Å². The van der Waals surface area contributed by atoms with Crippen molar-refractivity contribution in [3.63, 3.8) is 0 Å². The number of halogens is 1. The monoisotopic (exact) mass is 225 g/mol. The lowest BCUT2D eigenvalue weighted by atomic mass is 10.4. The molecule has 0 aliphatic rings. The fourth-order valence-corrected chi connectivity index (χ4v) is 1.81. The summed E-state index contributed by atoms with van der Waals surface area (Å²) in [4.78, 5) is 9.10. The predicted octanol–water partition coefficient (Wildman–Crippen LogP) is 2.80. The van der Waals surface area contributed by atoms with E-state index in [1.165, 1.54) is 11.2 Å². The van der Waals surface area contributed by atoms with E-state index < -0.39 is 0 Å². The van der Waals surface area contributed by atoms with E-state index in [0.717, 1.165) is 12.4 Å². The van der Waals surface area contributed by atoms with Crippen LogP contribution >= 0.6 is 22.9 Å². The first-order valence-electron chi connectivity index (χ1n) is 4.08. The number of nitrogens with one attached hydrogen (secondary N) is 1. The summed E-state index contributed by atoms with van der Waals surface area (Å²) in [6, 6.07) is 5.80. The fraction of sp³-hybridized carbons (Fsp3) is 0.111. The predicted molar refractivity (Wildman–Crippen MR) is 58.7 cm³/mol. The molecule has 0 saturated carbocycles. The molecular weight excluding hydrogens is 218 g/mol. The minimum absolute atomic E-state index is 0.452. The maximum atomic E-state index is 5.72. The van der Waals surface area contributed by atoms with Crippen molar-refractivity contribution in [2.24, 2.45) is 0 Å². The molecule has 72 valence electrons. The van der Waals surface area contributed by atoms with Crippen LogP contribution in [0.25, 0.3) is 0 Å². The van der Waals surface area contributed by atoms with Gasteiger partial charge < -0.3 is 5.32 Å². The van der Waals surface area contributed by atoms with Crippen molar-refractivity contribution in [3.8, 4) is 0 Å². The maximum Gasteiger partial charge on any atom is 0.134 e. The van der Waals surface area contributed by atoms with E-state index in [2.05, 4.69) is 21.4 Å². The molecule has 2 aromatic rings. The lowest BCUT2D eigenvalue weighted by Crippen LogP contribution is -1.99. The summed E-state index contributed by atoms with van der Waals surface area (Å²) < 4.78 is 0. The molecule has 0 aliphatic heterocycles. The normalized spacial score (nSPS) is 10.1. The molecule has 0 radical (unpaired) electrons. The number of nitrogens with zero attached hydrogens (tertiary/aromatic N) is 2. The third-order valence-corrected chi connectivity index (χ3v) is 2.74. The third kappa shape index (κ3) is 2.43. The Labute approximate surface area is 90.8 Å². The van der Waals surface area contributed by atoms with Crippen molar-refractivity contribution in [2.45, 2.75) is 6.54 Å². The molecule has 0 spiro atoms. The highest BCUT2D eigenvalue weighted by Gasteiger charge is 1.96.